The average Bonchev–Trinajstić information content (AvgIpc) is 2.31. The molecule has 1 aromatic rings. The van der Waals surface area contributed by atoms with Gasteiger partial charge in [0.15, 0.2) is 12.6 Å². The summed E-state index contributed by atoms with van der Waals surface area (Å²) in [6.07, 6.45) is -0.499. The summed E-state index contributed by atoms with van der Waals surface area (Å²) in [5, 5.41) is 18.5. The summed E-state index contributed by atoms with van der Waals surface area (Å²) in [5.41, 5.74) is 0. The molecular formula is C12H18O4. The second kappa shape index (κ2) is 6.35. The van der Waals surface area contributed by atoms with Crippen molar-refractivity contribution in [2.24, 2.45) is 0 Å². The summed E-state index contributed by atoms with van der Waals surface area (Å²) < 4.78 is 10.4. The van der Waals surface area contributed by atoms with Crippen LogP contribution in [0.3, 0.4) is 0 Å². The van der Waals surface area contributed by atoms with Gasteiger partial charge in [-0.25, -0.2) is 0 Å². The van der Waals surface area contributed by atoms with E-state index in [1.807, 2.05) is 13.8 Å². The van der Waals surface area contributed by atoms with E-state index in [1.165, 1.54) is 0 Å². The van der Waals surface area contributed by atoms with Crippen LogP contribution in [0, 0.1) is 0 Å². The molecule has 0 spiro atoms. The third-order valence-corrected chi connectivity index (χ3v) is 2.07. The van der Waals surface area contributed by atoms with Gasteiger partial charge in [-0.05, 0) is 24.3 Å². The van der Waals surface area contributed by atoms with Crippen LogP contribution in [0.5, 0.6) is 11.5 Å². The minimum absolute atomic E-state index is 0.535. The molecule has 0 aliphatic heterocycles. The van der Waals surface area contributed by atoms with E-state index < -0.39 is 12.6 Å². The number of aliphatic hydroxyl groups is 2. The Morgan fingerprint density at radius 3 is 1.44 bits per heavy atom. The van der Waals surface area contributed by atoms with Crippen molar-refractivity contribution in [1.82, 2.24) is 0 Å². The highest BCUT2D eigenvalue weighted by atomic mass is 16.6. The van der Waals surface area contributed by atoms with Crippen LogP contribution in [-0.4, -0.2) is 22.8 Å². The van der Waals surface area contributed by atoms with E-state index in [-0.39, 0.29) is 0 Å². The molecule has 0 heterocycles. The smallest absolute Gasteiger partial charge is 0.197 e. The molecule has 0 bridgehead atoms. The van der Waals surface area contributed by atoms with E-state index in [9.17, 15) is 10.2 Å². The maximum absolute atomic E-state index is 9.27. The van der Waals surface area contributed by atoms with Crippen molar-refractivity contribution in [3.8, 4) is 11.5 Å². The number of hydrogen-bond donors (Lipinski definition) is 2. The quantitative estimate of drug-likeness (QED) is 0.727. The molecule has 2 unspecified atom stereocenters. The van der Waals surface area contributed by atoms with E-state index in [4.69, 9.17) is 9.47 Å². The minimum Gasteiger partial charge on any atom is -0.465 e. The molecule has 0 fully saturated rings. The molecule has 4 heteroatoms. The summed E-state index contributed by atoms with van der Waals surface area (Å²) in [6, 6.07) is 6.76. The Hall–Kier alpha value is -1.26. The Kier molecular flexibility index (Phi) is 5.08. The van der Waals surface area contributed by atoms with Gasteiger partial charge in [-0.2, -0.15) is 0 Å². The van der Waals surface area contributed by atoms with Crippen LogP contribution in [-0.2, 0) is 0 Å². The molecular weight excluding hydrogens is 208 g/mol. The number of ether oxygens (including phenoxy) is 2. The van der Waals surface area contributed by atoms with Crippen molar-refractivity contribution in [3.63, 3.8) is 0 Å². The maximum atomic E-state index is 9.27. The van der Waals surface area contributed by atoms with Gasteiger partial charge in [0.2, 0.25) is 0 Å². The van der Waals surface area contributed by atoms with Crippen LogP contribution in [0.15, 0.2) is 24.3 Å². The van der Waals surface area contributed by atoms with E-state index in [0.29, 0.717) is 24.3 Å². The standard InChI is InChI=1S/C12H18O4/c1-3-11(13)15-9-5-7-10(8-6-9)16-12(14)4-2/h5-8,11-14H,3-4H2,1-2H3. The van der Waals surface area contributed by atoms with Gasteiger partial charge < -0.3 is 19.7 Å². The molecule has 90 valence electrons. The molecule has 0 saturated carbocycles. The van der Waals surface area contributed by atoms with Gasteiger partial charge in [0.05, 0.1) is 0 Å². The lowest BCUT2D eigenvalue weighted by Crippen LogP contribution is -2.14. The molecule has 0 amide bonds. The number of aliphatic hydroxyl groups excluding tert-OH is 2. The van der Waals surface area contributed by atoms with Crippen molar-refractivity contribution in [2.75, 3.05) is 0 Å². The van der Waals surface area contributed by atoms with E-state index in [0.717, 1.165) is 0 Å². The van der Waals surface area contributed by atoms with Gasteiger partial charge in [-0.1, -0.05) is 13.8 Å². The van der Waals surface area contributed by atoms with E-state index in [2.05, 4.69) is 0 Å². The van der Waals surface area contributed by atoms with Gasteiger partial charge in [0, 0.05) is 12.8 Å². The highest BCUT2D eigenvalue weighted by Crippen LogP contribution is 2.19. The lowest BCUT2D eigenvalue weighted by molar-refractivity contribution is -0.0221. The summed E-state index contributed by atoms with van der Waals surface area (Å²) >= 11 is 0. The molecule has 2 N–H and O–H groups in total. The Morgan fingerprint density at radius 1 is 0.875 bits per heavy atom. The average molecular weight is 226 g/mol. The van der Waals surface area contributed by atoms with E-state index >= 15 is 0 Å². The molecule has 0 saturated heterocycles. The maximum Gasteiger partial charge on any atom is 0.197 e. The summed E-state index contributed by atoms with van der Waals surface area (Å²) in [5.74, 6) is 1.15. The molecule has 0 aliphatic carbocycles. The first kappa shape index (κ1) is 12.8. The zero-order chi connectivity index (χ0) is 12.0. The lowest BCUT2D eigenvalue weighted by Gasteiger charge is -2.13. The second-order valence-corrected chi connectivity index (χ2v) is 3.43. The second-order valence-electron chi connectivity index (χ2n) is 3.43. The van der Waals surface area contributed by atoms with Crippen molar-refractivity contribution in [2.45, 2.75) is 39.3 Å². The van der Waals surface area contributed by atoms with Gasteiger partial charge in [0.1, 0.15) is 11.5 Å². The molecule has 4 nitrogen and oxygen atoms in total. The Morgan fingerprint density at radius 2 is 1.19 bits per heavy atom. The largest absolute Gasteiger partial charge is 0.465 e. The molecule has 16 heavy (non-hydrogen) atoms. The Labute approximate surface area is 95.4 Å². The van der Waals surface area contributed by atoms with Crippen molar-refractivity contribution in [3.05, 3.63) is 24.3 Å². The van der Waals surface area contributed by atoms with Crippen LogP contribution >= 0.6 is 0 Å². The number of hydrogen-bond acceptors (Lipinski definition) is 4. The van der Waals surface area contributed by atoms with Gasteiger partial charge in [-0.3, -0.25) is 0 Å². The lowest BCUT2D eigenvalue weighted by atomic mass is 10.3. The molecule has 1 rings (SSSR count). The summed E-state index contributed by atoms with van der Waals surface area (Å²) in [7, 11) is 0. The summed E-state index contributed by atoms with van der Waals surface area (Å²) in [4.78, 5) is 0. The number of rotatable bonds is 6. The fraction of sp³-hybridized carbons (Fsp3) is 0.500. The normalized spacial score (nSPS) is 14.2. The predicted octanol–water partition coefficient (Wildman–Crippen LogP) is 1.90. The van der Waals surface area contributed by atoms with Crippen LogP contribution in [0.4, 0.5) is 0 Å². The molecule has 2 atom stereocenters. The minimum atomic E-state index is -0.784. The Bertz CT molecular complexity index is 265. The zero-order valence-corrected chi connectivity index (χ0v) is 9.59. The fourth-order valence-corrected chi connectivity index (χ4v) is 1.08. The monoisotopic (exact) mass is 226 g/mol. The van der Waals surface area contributed by atoms with Gasteiger partial charge in [0.25, 0.3) is 0 Å². The number of benzene rings is 1. The molecule has 1 aromatic carbocycles. The Balaban J connectivity index is 2.54. The van der Waals surface area contributed by atoms with Crippen LogP contribution in [0.1, 0.15) is 26.7 Å². The highest BCUT2D eigenvalue weighted by Gasteiger charge is 2.04. The van der Waals surface area contributed by atoms with Crippen LogP contribution < -0.4 is 9.47 Å². The first-order valence-electron chi connectivity index (χ1n) is 5.45. The van der Waals surface area contributed by atoms with Crippen molar-refractivity contribution >= 4 is 0 Å². The third kappa shape index (κ3) is 4.08. The highest BCUT2D eigenvalue weighted by molar-refractivity contribution is 5.31. The molecule has 0 aromatic heterocycles. The van der Waals surface area contributed by atoms with Crippen molar-refractivity contribution < 1.29 is 19.7 Å². The van der Waals surface area contributed by atoms with Crippen LogP contribution in [0.2, 0.25) is 0 Å². The van der Waals surface area contributed by atoms with Gasteiger partial charge in [-0.15, -0.1) is 0 Å². The first-order chi connectivity index (χ1) is 7.65. The predicted molar refractivity (Wildman–Crippen MR) is 60.3 cm³/mol. The van der Waals surface area contributed by atoms with Crippen molar-refractivity contribution in [1.29, 1.82) is 0 Å². The summed E-state index contributed by atoms with van der Waals surface area (Å²) in [6.45, 7) is 3.67. The first-order valence-corrected chi connectivity index (χ1v) is 5.45. The molecule has 0 aliphatic rings. The van der Waals surface area contributed by atoms with E-state index in [1.54, 1.807) is 24.3 Å². The SMILES string of the molecule is CCC(O)Oc1ccc(OC(O)CC)cc1. The third-order valence-electron chi connectivity index (χ3n) is 2.07. The topological polar surface area (TPSA) is 58.9 Å². The zero-order valence-electron chi connectivity index (χ0n) is 9.59. The van der Waals surface area contributed by atoms with Gasteiger partial charge >= 0.3 is 0 Å². The van der Waals surface area contributed by atoms with Crippen LogP contribution in [0.25, 0.3) is 0 Å². The molecule has 0 radical (unpaired) electrons. The fourth-order valence-electron chi connectivity index (χ4n) is 1.08.